The summed E-state index contributed by atoms with van der Waals surface area (Å²) in [6, 6.07) is 0.422. The van der Waals surface area contributed by atoms with Crippen molar-refractivity contribution in [3.8, 4) is 0 Å². The van der Waals surface area contributed by atoms with Crippen LogP contribution < -0.4 is 5.73 Å². The largest absolute Gasteiger partial charge is 0.467 e. The van der Waals surface area contributed by atoms with Gasteiger partial charge in [-0.2, -0.15) is 0 Å². The number of hydrogen-bond donors (Lipinski definition) is 1. The molecule has 0 spiro atoms. The van der Waals surface area contributed by atoms with Gasteiger partial charge in [0.05, 0.1) is 6.61 Å². The van der Waals surface area contributed by atoms with E-state index < -0.39 is 0 Å². The van der Waals surface area contributed by atoms with E-state index in [0.29, 0.717) is 36.4 Å². The third-order valence-electron chi connectivity index (χ3n) is 4.93. The molecule has 0 aromatic heterocycles. The molecule has 0 radical (unpaired) electrons. The fourth-order valence-electron chi connectivity index (χ4n) is 4.62. The number of rotatable bonds is 3. The van der Waals surface area contributed by atoms with Gasteiger partial charge in [0.1, 0.15) is 0 Å². The van der Waals surface area contributed by atoms with E-state index in [2.05, 4.69) is 0 Å². The number of carbonyl (C=O) groups is 1. The summed E-state index contributed by atoms with van der Waals surface area (Å²) in [5, 5.41) is 0. The van der Waals surface area contributed by atoms with Crippen molar-refractivity contribution in [2.45, 2.75) is 38.1 Å². The van der Waals surface area contributed by atoms with E-state index in [1.165, 1.54) is 32.1 Å². The first-order chi connectivity index (χ1) is 7.22. The van der Waals surface area contributed by atoms with Crippen LogP contribution in [-0.4, -0.2) is 19.1 Å². The molecule has 3 heteroatoms. The van der Waals surface area contributed by atoms with E-state index >= 15 is 0 Å². The monoisotopic (exact) mass is 209 g/mol. The van der Waals surface area contributed by atoms with Crippen LogP contribution in [0.2, 0.25) is 0 Å². The summed E-state index contributed by atoms with van der Waals surface area (Å²) in [5.74, 6) is 2.26. The summed E-state index contributed by atoms with van der Waals surface area (Å²) < 4.78 is 5.03. The maximum atomic E-state index is 10.3. The van der Waals surface area contributed by atoms with Crippen LogP contribution in [-0.2, 0) is 9.53 Å². The Kier molecular flexibility index (Phi) is 2.06. The van der Waals surface area contributed by atoms with Gasteiger partial charge in [0.15, 0.2) is 0 Å². The molecule has 4 bridgehead atoms. The van der Waals surface area contributed by atoms with Gasteiger partial charge >= 0.3 is 0 Å². The zero-order valence-corrected chi connectivity index (χ0v) is 9.02. The van der Waals surface area contributed by atoms with E-state index in [9.17, 15) is 4.79 Å². The van der Waals surface area contributed by atoms with Crippen LogP contribution in [0.25, 0.3) is 0 Å². The molecule has 2 unspecified atom stereocenters. The van der Waals surface area contributed by atoms with E-state index in [1.54, 1.807) is 0 Å². The molecular weight excluding hydrogens is 190 g/mol. The number of ether oxygens (including phenoxy) is 1. The molecule has 0 amide bonds. The summed E-state index contributed by atoms with van der Waals surface area (Å²) in [6.07, 6.45) is 6.28. The summed E-state index contributed by atoms with van der Waals surface area (Å²) in [5.41, 5.74) is 6.54. The van der Waals surface area contributed by atoms with Crippen molar-refractivity contribution in [2.75, 3.05) is 6.61 Å². The Labute approximate surface area is 90.4 Å². The first-order valence-corrected chi connectivity index (χ1v) is 6.03. The summed E-state index contributed by atoms with van der Waals surface area (Å²) >= 11 is 0. The van der Waals surface area contributed by atoms with Gasteiger partial charge in [-0.05, 0) is 49.9 Å². The first-order valence-electron chi connectivity index (χ1n) is 6.03. The van der Waals surface area contributed by atoms with Crippen molar-refractivity contribution in [3.63, 3.8) is 0 Å². The average molecular weight is 209 g/mol. The van der Waals surface area contributed by atoms with Crippen LogP contribution in [0.1, 0.15) is 32.1 Å². The number of hydrogen-bond acceptors (Lipinski definition) is 3. The lowest BCUT2D eigenvalue weighted by Gasteiger charge is -2.58. The lowest BCUT2D eigenvalue weighted by molar-refractivity contribution is -0.142. The predicted molar refractivity (Wildman–Crippen MR) is 56.0 cm³/mol. The quantitative estimate of drug-likeness (QED) is 0.713. The molecule has 2 atom stereocenters. The smallest absolute Gasteiger partial charge is 0.293 e. The number of nitrogens with two attached hydrogens (primary N) is 1. The molecule has 4 rings (SSSR count). The highest BCUT2D eigenvalue weighted by atomic mass is 16.5. The second-order valence-electron chi connectivity index (χ2n) is 5.95. The van der Waals surface area contributed by atoms with E-state index in [1.807, 2.05) is 0 Å². The topological polar surface area (TPSA) is 52.3 Å². The van der Waals surface area contributed by atoms with Gasteiger partial charge in [-0.3, -0.25) is 4.79 Å². The lowest BCUT2D eigenvalue weighted by atomic mass is 9.48. The van der Waals surface area contributed by atoms with Crippen LogP contribution in [0.3, 0.4) is 0 Å². The fraction of sp³-hybridized carbons (Fsp3) is 0.917. The zero-order chi connectivity index (χ0) is 10.5. The second-order valence-corrected chi connectivity index (χ2v) is 5.95. The third-order valence-corrected chi connectivity index (χ3v) is 4.93. The van der Waals surface area contributed by atoms with Gasteiger partial charge in [-0.25, -0.2) is 0 Å². The SMILES string of the molecule is NC1C2CC3CC1CC(COC=O)(C3)C2. The Balaban J connectivity index is 1.79. The minimum absolute atomic E-state index is 0.299. The van der Waals surface area contributed by atoms with E-state index in [4.69, 9.17) is 10.5 Å². The van der Waals surface area contributed by atoms with Crippen LogP contribution in [0, 0.1) is 23.2 Å². The molecule has 0 aliphatic heterocycles. The number of carbonyl (C=O) groups excluding carboxylic acids is 1. The van der Waals surface area contributed by atoms with Crippen LogP contribution >= 0.6 is 0 Å². The van der Waals surface area contributed by atoms with Crippen molar-refractivity contribution in [2.24, 2.45) is 28.9 Å². The Hall–Kier alpha value is -0.570. The molecule has 4 aliphatic rings. The molecule has 0 saturated heterocycles. The van der Waals surface area contributed by atoms with E-state index in [0.717, 1.165) is 5.92 Å². The highest BCUT2D eigenvalue weighted by Gasteiger charge is 2.54. The van der Waals surface area contributed by atoms with Gasteiger partial charge in [0.25, 0.3) is 6.47 Å². The maximum absolute atomic E-state index is 10.3. The minimum atomic E-state index is 0.299. The third kappa shape index (κ3) is 1.40. The van der Waals surface area contributed by atoms with Gasteiger partial charge < -0.3 is 10.5 Å². The molecule has 4 fully saturated rings. The average Bonchev–Trinajstić information content (AvgIpc) is 2.22. The Bertz CT molecular complexity index is 263. The summed E-state index contributed by atoms with van der Waals surface area (Å²) in [4.78, 5) is 10.3. The summed E-state index contributed by atoms with van der Waals surface area (Å²) in [6.45, 7) is 1.23. The highest BCUT2D eigenvalue weighted by molar-refractivity contribution is 5.37. The fourth-order valence-corrected chi connectivity index (χ4v) is 4.62. The Morgan fingerprint density at radius 2 is 1.93 bits per heavy atom. The van der Waals surface area contributed by atoms with Crippen molar-refractivity contribution in [3.05, 3.63) is 0 Å². The molecule has 0 aromatic rings. The molecule has 0 heterocycles. The van der Waals surface area contributed by atoms with Gasteiger partial charge in [0.2, 0.25) is 0 Å². The molecular formula is C12H19NO2. The summed E-state index contributed by atoms with van der Waals surface area (Å²) in [7, 11) is 0. The molecule has 4 saturated carbocycles. The lowest BCUT2D eigenvalue weighted by Crippen LogP contribution is -2.57. The van der Waals surface area contributed by atoms with Crippen LogP contribution in [0.4, 0.5) is 0 Å². The molecule has 4 aliphatic carbocycles. The van der Waals surface area contributed by atoms with Crippen molar-refractivity contribution in [1.29, 1.82) is 0 Å². The van der Waals surface area contributed by atoms with Crippen LogP contribution in [0.15, 0.2) is 0 Å². The van der Waals surface area contributed by atoms with E-state index in [-0.39, 0.29) is 0 Å². The van der Waals surface area contributed by atoms with Crippen molar-refractivity contribution >= 4 is 6.47 Å². The van der Waals surface area contributed by atoms with Crippen molar-refractivity contribution in [1.82, 2.24) is 0 Å². The molecule has 2 N–H and O–H groups in total. The second kappa shape index (κ2) is 3.21. The minimum Gasteiger partial charge on any atom is -0.467 e. The van der Waals surface area contributed by atoms with Gasteiger partial charge in [-0.1, -0.05) is 0 Å². The normalized spacial score (nSPS) is 51.8. The molecule has 0 aromatic carbocycles. The van der Waals surface area contributed by atoms with Gasteiger partial charge in [0, 0.05) is 11.5 Å². The molecule has 3 nitrogen and oxygen atoms in total. The first kappa shape index (κ1) is 9.64. The van der Waals surface area contributed by atoms with Crippen molar-refractivity contribution < 1.29 is 9.53 Å². The molecule has 15 heavy (non-hydrogen) atoms. The predicted octanol–water partition coefficient (Wildman–Crippen LogP) is 1.31. The maximum Gasteiger partial charge on any atom is 0.293 e. The Morgan fingerprint density at radius 3 is 2.53 bits per heavy atom. The molecule has 84 valence electrons. The standard InChI is InChI=1S/C12H19NO2/c13-11-9-1-8-2-10(11)5-12(3-8,4-9)6-15-7-14/h7-11H,1-6,13H2. The zero-order valence-electron chi connectivity index (χ0n) is 9.02. The highest BCUT2D eigenvalue weighted by Crippen LogP contribution is 2.59. The van der Waals surface area contributed by atoms with Gasteiger partial charge in [-0.15, -0.1) is 0 Å². The Morgan fingerprint density at radius 1 is 1.27 bits per heavy atom. The van der Waals surface area contributed by atoms with Crippen LogP contribution in [0.5, 0.6) is 0 Å².